The van der Waals surface area contributed by atoms with Crippen LogP contribution in [0.5, 0.6) is 11.5 Å². The standard InChI is InChI=1S/C21H17FN2O3/c22-11-14-4-9-21(16(10-14)12-23)27-17-7-5-15(6-8-17)18-2-1-3-19(24-18)20(26)13-25/h1-10,20,25-26H,11,13H2. The Hall–Kier alpha value is -3.27. The van der Waals surface area contributed by atoms with E-state index in [9.17, 15) is 14.8 Å². The van der Waals surface area contributed by atoms with Gasteiger partial charge in [0.2, 0.25) is 0 Å². The lowest BCUT2D eigenvalue weighted by Gasteiger charge is -2.10. The van der Waals surface area contributed by atoms with Crippen molar-refractivity contribution in [3.8, 4) is 28.8 Å². The first kappa shape index (κ1) is 18.5. The van der Waals surface area contributed by atoms with Crippen LogP contribution in [0.25, 0.3) is 11.3 Å². The van der Waals surface area contributed by atoms with E-state index < -0.39 is 19.4 Å². The van der Waals surface area contributed by atoms with Gasteiger partial charge >= 0.3 is 0 Å². The smallest absolute Gasteiger partial charge is 0.145 e. The molecule has 0 spiro atoms. The van der Waals surface area contributed by atoms with Crippen LogP contribution in [-0.2, 0) is 6.67 Å². The molecule has 0 saturated carbocycles. The van der Waals surface area contributed by atoms with Crippen molar-refractivity contribution in [1.29, 1.82) is 5.26 Å². The lowest BCUT2D eigenvalue weighted by atomic mass is 10.1. The summed E-state index contributed by atoms with van der Waals surface area (Å²) in [5.74, 6) is 0.878. The maximum Gasteiger partial charge on any atom is 0.145 e. The fourth-order valence-electron chi connectivity index (χ4n) is 2.55. The summed E-state index contributed by atoms with van der Waals surface area (Å²) in [5.41, 5.74) is 2.54. The molecule has 1 unspecified atom stereocenters. The summed E-state index contributed by atoms with van der Waals surface area (Å²) in [5, 5.41) is 28.0. The van der Waals surface area contributed by atoms with E-state index in [-0.39, 0.29) is 5.56 Å². The van der Waals surface area contributed by atoms with Gasteiger partial charge in [-0.1, -0.05) is 12.1 Å². The van der Waals surface area contributed by atoms with Crippen LogP contribution in [0.3, 0.4) is 0 Å². The van der Waals surface area contributed by atoms with Crippen molar-refractivity contribution in [3.05, 3.63) is 77.5 Å². The molecule has 0 aliphatic heterocycles. The first-order valence-corrected chi connectivity index (χ1v) is 8.27. The molecule has 2 N–H and O–H groups in total. The van der Waals surface area contributed by atoms with Gasteiger partial charge in [0.15, 0.2) is 0 Å². The zero-order chi connectivity index (χ0) is 19.2. The SMILES string of the molecule is N#Cc1cc(CF)ccc1Oc1ccc(-c2cccc(C(O)CO)n2)cc1. The minimum atomic E-state index is -1.02. The highest BCUT2D eigenvalue weighted by Gasteiger charge is 2.10. The van der Waals surface area contributed by atoms with Gasteiger partial charge < -0.3 is 14.9 Å². The molecule has 27 heavy (non-hydrogen) atoms. The molecule has 136 valence electrons. The molecular formula is C21H17FN2O3. The van der Waals surface area contributed by atoms with Gasteiger partial charge in [-0.2, -0.15) is 5.26 Å². The minimum Gasteiger partial charge on any atom is -0.456 e. The normalized spacial score (nSPS) is 11.6. The molecule has 1 aromatic heterocycles. The Morgan fingerprint density at radius 2 is 1.89 bits per heavy atom. The molecule has 3 rings (SSSR count). The molecule has 0 aliphatic carbocycles. The zero-order valence-corrected chi connectivity index (χ0v) is 14.3. The number of aromatic nitrogens is 1. The lowest BCUT2D eigenvalue weighted by Crippen LogP contribution is -2.05. The van der Waals surface area contributed by atoms with Gasteiger partial charge in [-0.25, -0.2) is 9.37 Å². The summed E-state index contributed by atoms with van der Waals surface area (Å²) < 4.78 is 18.5. The summed E-state index contributed by atoms with van der Waals surface area (Å²) in [4.78, 5) is 4.34. The quantitative estimate of drug-likeness (QED) is 0.693. The molecule has 3 aromatic rings. The maximum atomic E-state index is 12.7. The summed E-state index contributed by atoms with van der Waals surface area (Å²) >= 11 is 0. The van der Waals surface area contributed by atoms with Crippen LogP contribution in [0.15, 0.2) is 60.7 Å². The molecule has 1 heterocycles. The van der Waals surface area contributed by atoms with Crippen molar-refractivity contribution < 1.29 is 19.3 Å². The van der Waals surface area contributed by atoms with E-state index >= 15 is 0 Å². The number of ether oxygens (including phenoxy) is 1. The summed E-state index contributed by atoms with van der Waals surface area (Å²) in [6.07, 6.45) is -1.02. The topological polar surface area (TPSA) is 86.4 Å². The van der Waals surface area contributed by atoms with Crippen LogP contribution in [0.1, 0.15) is 22.9 Å². The Balaban J connectivity index is 1.81. The lowest BCUT2D eigenvalue weighted by molar-refractivity contribution is 0.0923. The summed E-state index contributed by atoms with van der Waals surface area (Å²) in [7, 11) is 0. The summed E-state index contributed by atoms with van der Waals surface area (Å²) in [6.45, 7) is -1.04. The predicted molar refractivity (Wildman–Crippen MR) is 97.8 cm³/mol. The van der Waals surface area contributed by atoms with E-state index in [2.05, 4.69) is 4.98 Å². The highest BCUT2D eigenvalue weighted by atomic mass is 19.1. The highest BCUT2D eigenvalue weighted by Crippen LogP contribution is 2.28. The average Bonchev–Trinajstić information content (AvgIpc) is 2.74. The highest BCUT2D eigenvalue weighted by molar-refractivity contribution is 5.60. The molecule has 0 amide bonds. The third-order valence-electron chi connectivity index (χ3n) is 3.98. The number of aliphatic hydroxyl groups excluding tert-OH is 2. The predicted octanol–water partition coefficient (Wildman–Crippen LogP) is 3.91. The monoisotopic (exact) mass is 364 g/mol. The van der Waals surface area contributed by atoms with E-state index in [0.29, 0.717) is 28.5 Å². The van der Waals surface area contributed by atoms with Gasteiger partial charge in [-0.05, 0) is 54.1 Å². The number of nitrogens with zero attached hydrogens (tertiary/aromatic N) is 2. The molecule has 1 atom stereocenters. The second-order valence-corrected chi connectivity index (χ2v) is 5.85. The van der Waals surface area contributed by atoms with Gasteiger partial charge in [0.25, 0.3) is 0 Å². The number of halogens is 1. The number of hydrogen-bond donors (Lipinski definition) is 2. The minimum absolute atomic E-state index is 0.265. The molecule has 0 saturated heterocycles. The van der Waals surface area contributed by atoms with E-state index in [4.69, 9.17) is 9.84 Å². The molecule has 0 bridgehead atoms. The van der Waals surface area contributed by atoms with Crippen molar-refractivity contribution >= 4 is 0 Å². The second-order valence-electron chi connectivity index (χ2n) is 5.85. The van der Waals surface area contributed by atoms with E-state index in [1.165, 1.54) is 6.07 Å². The fraction of sp³-hybridized carbons (Fsp3) is 0.143. The van der Waals surface area contributed by atoms with Crippen molar-refractivity contribution in [1.82, 2.24) is 4.98 Å². The van der Waals surface area contributed by atoms with Gasteiger partial charge in [0.05, 0.1) is 23.6 Å². The van der Waals surface area contributed by atoms with Crippen LogP contribution >= 0.6 is 0 Å². The third kappa shape index (κ3) is 4.29. The van der Waals surface area contributed by atoms with Gasteiger partial charge in [0.1, 0.15) is 30.3 Å². The fourth-order valence-corrected chi connectivity index (χ4v) is 2.55. The second kappa shape index (κ2) is 8.41. The molecule has 5 nitrogen and oxygen atoms in total. The Morgan fingerprint density at radius 3 is 2.56 bits per heavy atom. The number of hydrogen-bond acceptors (Lipinski definition) is 5. The first-order chi connectivity index (χ1) is 13.1. The third-order valence-corrected chi connectivity index (χ3v) is 3.98. The zero-order valence-electron chi connectivity index (χ0n) is 14.3. The van der Waals surface area contributed by atoms with E-state index in [1.807, 2.05) is 6.07 Å². The Labute approximate surface area is 155 Å². The maximum absolute atomic E-state index is 12.7. The molecule has 0 radical (unpaired) electrons. The molecule has 2 aromatic carbocycles. The largest absolute Gasteiger partial charge is 0.456 e. The molecule has 0 fully saturated rings. The van der Waals surface area contributed by atoms with Crippen molar-refractivity contribution in [2.75, 3.05) is 6.61 Å². The van der Waals surface area contributed by atoms with Crippen LogP contribution < -0.4 is 4.74 Å². The number of aliphatic hydroxyl groups is 2. The first-order valence-electron chi connectivity index (χ1n) is 8.27. The van der Waals surface area contributed by atoms with Crippen LogP contribution in [0.4, 0.5) is 4.39 Å². The molecule has 6 heteroatoms. The van der Waals surface area contributed by atoms with E-state index in [1.54, 1.807) is 54.6 Å². The van der Waals surface area contributed by atoms with Crippen molar-refractivity contribution in [2.45, 2.75) is 12.8 Å². The number of benzene rings is 2. The summed E-state index contributed by atoms with van der Waals surface area (Å²) in [6, 6.07) is 18.9. The van der Waals surface area contributed by atoms with Gasteiger partial charge in [-0.15, -0.1) is 0 Å². The number of rotatable bonds is 6. The Kier molecular flexibility index (Phi) is 5.77. The van der Waals surface area contributed by atoms with Crippen LogP contribution in [0.2, 0.25) is 0 Å². The molecular weight excluding hydrogens is 347 g/mol. The van der Waals surface area contributed by atoms with Crippen molar-refractivity contribution in [3.63, 3.8) is 0 Å². The number of alkyl halides is 1. The Bertz CT molecular complexity index is 968. The van der Waals surface area contributed by atoms with Crippen LogP contribution in [0, 0.1) is 11.3 Å². The average molecular weight is 364 g/mol. The van der Waals surface area contributed by atoms with Crippen LogP contribution in [-0.4, -0.2) is 21.8 Å². The van der Waals surface area contributed by atoms with Gasteiger partial charge in [0, 0.05) is 5.56 Å². The Morgan fingerprint density at radius 1 is 1.11 bits per heavy atom. The molecule has 0 aliphatic rings. The number of nitriles is 1. The van der Waals surface area contributed by atoms with Gasteiger partial charge in [-0.3, -0.25) is 0 Å². The van der Waals surface area contributed by atoms with E-state index in [0.717, 1.165) is 5.56 Å². The number of pyridine rings is 1. The van der Waals surface area contributed by atoms with Crippen molar-refractivity contribution in [2.24, 2.45) is 0 Å².